The third-order valence-electron chi connectivity index (χ3n) is 11.7. The monoisotopic (exact) mass is 1000 g/mol. The van der Waals surface area contributed by atoms with Crippen molar-refractivity contribution in [3.8, 4) is 17.2 Å². The minimum absolute atomic E-state index is 0. The Morgan fingerprint density at radius 1 is 0.411 bits per heavy atom. The van der Waals surface area contributed by atoms with Crippen LogP contribution in [0.25, 0.3) is 0 Å². The molecule has 0 aliphatic rings. The summed E-state index contributed by atoms with van der Waals surface area (Å²) in [6.45, 7) is 10.3. The van der Waals surface area contributed by atoms with Crippen LogP contribution in [0.3, 0.4) is 0 Å². The molecule has 6 aromatic rings. The molecule has 73 heavy (non-hydrogen) atoms. The quantitative estimate of drug-likeness (QED) is 0.0403. The lowest BCUT2D eigenvalue weighted by atomic mass is 9.88. The Hall–Kier alpha value is -6.87. The number of rotatable bonds is 26. The van der Waals surface area contributed by atoms with E-state index in [1.54, 1.807) is 19.1 Å². The molecule has 0 saturated carbocycles. The minimum Gasteiger partial charge on any atom is -1.00 e. The summed E-state index contributed by atoms with van der Waals surface area (Å²) < 4.78 is 21.8. The fraction of sp³-hybridized carbons (Fsp3) is 0.391. The largest absolute Gasteiger partial charge is 1.00 e. The molecule has 0 heterocycles. The van der Waals surface area contributed by atoms with Gasteiger partial charge in [0.2, 0.25) is 0 Å². The maximum absolute atomic E-state index is 12.0. The molecule has 0 aromatic heterocycles. The zero-order valence-electron chi connectivity index (χ0n) is 42.7. The first-order valence-electron chi connectivity index (χ1n) is 25.1. The van der Waals surface area contributed by atoms with Crippen LogP contribution in [0.1, 0.15) is 173 Å². The fourth-order valence-electron chi connectivity index (χ4n) is 8.03. The van der Waals surface area contributed by atoms with Gasteiger partial charge in [0.05, 0.1) is 45.7 Å². The van der Waals surface area contributed by atoms with Crippen LogP contribution in [0.2, 0.25) is 0 Å². The third kappa shape index (κ3) is 24.4. The van der Waals surface area contributed by atoms with E-state index in [0.29, 0.717) is 26.1 Å². The smallest absolute Gasteiger partial charge is 0.306 e. The van der Waals surface area contributed by atoms with Gasteiger partial charge < -0.3 is 30.6 Å². The van der Waals surface area contributed by atoms with Gasteiger partial charge in [-0.05, 0) is 96.5 Å². The maximum atomic E-state index is 12.0. The van der Waals surface area contributed by atoms with Crippen molar-refractivity contribution in [1.29, 1.82) is 0 Å². The van der Waals surface area contributed by atoms with Gasteiger partial charge in [-0.25, -0.2) is 0 Å². The van der Waals surface area contributed by atoms with Crippen LogP contribution in [0.4, 0.5) is 0 Å². The molecular formula is C64H87O9-. The summed E-state index contributed by atoms with van der Waals surface area (Å²) in [6.07, 6.45) is 10.2. The van der Waals surface area contributed by atoms with E-state index in [-0.39, 0.29) is 65.6 Å². The molecule has 0 saturated heterocycles. The number of hydrogen-bond acceptors (Lipinski definition) is 8. The molecule has 3 atom stereocenters. The molecule has 398 valence electrons. The number of unbranched alkanes of at least 4 members (excludes halogenated alkanes) is 6. The Morgan fingerprint density at radius 2 is 0.712 bits per heavy atom. The second-order valence-electron chi connectivity index (χ2n) is 17.1. The number of phenolic OH excluding ortho intramolecular Hbond substituents is 1. The molecule has 0 fully saturated rings. The summed E-state index contributed by atoms with van der Waals surface area (Å²) in [6, 6.07) is 52.6. The van der Waals surface area contributed by atoms with Crippen molar-refractivity contribution in [3.63, 3.8) is 0 Å². The molecule has 0 bridgehead atoms. The molecule has 2 N–H and O–H groups in total. The second-order valence-corrected chi connectivity index (χ2v) is 17.1. The molecule has 0 spiro atoms. The van der Waals surface area contributed by atoms with Crippen molar-refractivity contribution in [3.05, 3.63) is 197 Å². The summed E-state index contributed by atoms with van der Waals surface area (Å²) in [5.41, 5.74) is 6.29. The van der Waals surface area contributed by atoms with Crippen molar-refractivity contribution in [2.45, 2.75) is 138 Å². The van der Waals surface area contributed by atoms with E-state index in [0.717, 1.165) is 70.9 Å². The average Bonchev–Trinajstić information content (AvgIpc) is 3.38. The highest BCUT2D eigenvalue weighted by Gasteiger charge is 2.21. The van der Waals surface area contributed by atoms with Gasteiger partial charge in [-0.2, -0.15) is 0 Å². The molecule has 0 aliphatic heterocycles. The van der Waals surface area contributed by atoms with E-state index in [2.05, 4.69) is 38.1 Å². The van der Waals surface area contributed by atoms with Crippen LogP contribution >= 0.6 is 0 Å². The predicted octanol–water partition coefficient (Wildman–Crippen LogP) is 16.5. The van der Waals surface area contributed by atoms with Crippen LogP contribution in [0, 0.1) is 0 Å². The highest BCUT2D eigenvalue weighted by molar-refractivity contribution is 5.72. The number of ether oxygens (including phenoxy) is 4. The summed E-state index contributed by atoms with van der Waals surface area (Å²) >= 11 is 0. The van der Waals surface area contributed by atoms with Crippen LogP contribution in [0.5, 0.6) is 17.2 Å². The third-order valence-corrected chi connectivity index (χ3v) is 11.7. The number of carboxylic acids is 1. The lowest BCUT2D eigenvalue weighted by Crippen LogP contribution is -2.11. The summed E-state index contributed by atoms with van der Waals surface area (Å²) in [5.74, 6) is 0.571. The van der Waals surface area contributed by atoms with Crippen molar-refractivity contribution in [2.75, 3.05) is 26.4 Å². The summed E-state index contributed by atoms with van der Waals surface area (Å²) in [7, 11) is 0. The summed E-state index contributed by atoms with van der Waals surface area (Å²) in [5, 5.41) is 18.6. The molecule has 6 rings (SSSR count). The van der Waals surface area contributed by atoms with Gasteiger partial charge in [0.25, 0.3) is 0 Å². The van der Waals surface area contributed by atoms with Crippen LogP contribution in [-0.2, 0) is 23.9 Å². The Balaban J connectivity index is 0.00000106. The topological polar surface area (TPSA) is 129 Å². The Morgan fingerprint density at radius 3 is 1.01 bits per heavy atom. The molecule has 0 amide bonds. The number of benzene rings is 6. The molecular weight excluding hydrogens is 913 g/mol. The van der Waals surface area contributed by atoms with Crippen molar-refractivity contribution >= 4 is 17.9 Å². The zero-order valence-corrected chi connectivity index (χ0v) is 41.7. The number of aliphatic carboxylic acids is 1. The molecule has 6 aromatic carbocycles. The number of phenols is 1. The SMILES string of the molecule is C.C.C.CCCCCCOc1ccc(C(CC(=O)O)c2ccccc2)cc1.CCCCCCOc1ccc(C(CC(=O)OCC)c2ccccc2)cc1.CCOC(=O)CC(c1ccccc1)c1ccc(O)cc1.[2H-]. The van der Waals surface area contributed by atoms with Crippen LogP contribution in [0.15, 0.2) is 164 Å². The lowest BCUT2D eigenvalue weighted by molar-refractivity contribution is -0.144. The second kappa shape index (κ2) is 37.8. The molecule has 9 nitrogen and oxygen atoms in total. The number of carbonyl (C=O) groups is 3. The van der Waals surface area contributed by atoms with E-state index in [9.17, 15) is 24.6 Å². The molecule has 0 aliphatic carbocycles. The van der Waals surface area contributed by atoms with Crippen LogP contribution in [-0.4, -0.2) is 54.5 Å². The first-order valence-corrected chi connectivity index (χ1v) is 25.1. The molecule has 0 radical (unpaired) electrons. The Bertz CT molecular complexity index is 2320. The van der Waals surface area contributed by atoms with Crippen molar-refractivity contribution < 1.29 is 45.0 Å². The maximum Gasteiger partial charge on any atom is 0.306 e. The number of hydrogen-bond donors (Lipinski definition) is 2. The normalized spacial score (nSPS) is 11.3. The standard InChI is InChI=1S/C23H30O3.C21H26O3.C17H18O3.3CH4.H/c1-3-5-6-10-17-26-21-15-13-20(14-16-21)22(18-23(24)25-4-2)19-11-8-7-9-12-19;1-2-3-4-8-15-24-19-13-11-18(12-14-19)20(16-21(22)23)17-9-6-5-7-10-17;1-2-20-17(19)12-16(13-6-4-3-5-7-13)14-8-10-15(18)11-9-14;;;;/h7-9,11-16,22H,3-6,10,17-18H2,1-2H3;5-7,9-14,20H,2-4,8,15-16H2,1H3,(H,22,23);3-11,16,18H,2,12H2,1H3;3*1H4;/q;;;;;;-1/i;;;;;;1+1. The predicted molar refractivity (Wildman–Crippen MR) is 301 cm³/mol. The molecule has 9 heteroatoms. The van der Waals surface area contributed by atoms with Gasteiger partial charge in [0.1, 0.15) is 17.2 Å². The minimum atomic E-state index is -0.792. The van der Waals surface area contributed by atoms with Gasteiger partial charge in [0.15, 0.2) is 0 Å². The van der Waals surface area contributed by atoms with Gasteiger partial charge in [-0.1, -0.05) is 202 Å². The number of esters is 2. The fourth-order valence-corrected chi connectivity index (χ4v) is 8.03. The van der Waals surface area contributed by atoms with Crippen LogP contribution < -0.4 is 9.47 Å². The van der Waals surface area contributed by atoms with E-state index in [4.69, 9.17) is 18.9 Å². The van der Waals surface area contributed by atoms with Crippen molar-refractivity contribution in [2.24, 2.45) is 0 Å². The van der Waals surface area contributed by atoms with E-state index < -0.39 is 5.97 Å². The highest BCUT2D eigenvalue weighted by atomic mass is 16.5. The van der Waals surface area contributed by atoms with E-state index >= 15 is 0 Å². The van der Waals surface area contributed by atoms with Gasteiger partial charge in [-0.3, -0.25) is 14.4 Å². The number of carbonyl (C=O) groups excluding carboxylic acids is 2. The van der Waals surface area contributed by atoms with Gasteiger partial charge in [0, 0.05) is 17.8 Å². The number of aromatic hydroxyl groups is 1. The lowest BCUT2D eigenvalue weighted by Gasteiger charge is -2.18. The zero-order chi connectivity index (χ0) is 50.2. The highest BCUT2D eigenvalue weighted by Crippen LogP contribution is 2.32. The first kappa shape index (κ1) is 64.1. The average molecular weight is 1000 g/mol. The Labute approximate surface area is 440 Å². The Kier molecular flexibility index (Phi) is 33.3. The number of carboxylic acid groups (broad SMARTS) is 1. The van der Waals surface area contributed by atoms with E-state index in [1.807, 2.05) is 134 Å². The van der Waals surface area contributed by atoms with Gasteiger partial charge >= 0.3 is 17.9 Å². The first-order chi connectivity index (χ1) is 34.1. The summed E-state index contributed by atoms with van der Waals surface area (Å²) in [4.78, 5) is 35.1. The van der Waals surface area contributed by atoms with Gasteiger partial charge in [-0.15, -0.1) is 0 Å². The van der Waals surface area contributed by atoms with E-state index in [1.165, 1.54) is 38.5 Å². The van der Waals surface area contributed by atoms with Crippen molar-refractivity contribution in [1.82, 2.24) is 0 Å². The molecule has 3 unspecified atom stereocenters.